The maximum absolute atomic E-state index is 12.7. The zero-order valence-corrected chi connectivity index (χ0v) is 14.1. The first-order chi connectivity index (χ1) is 11.5. The van der Waals surface area contributed by atoms with E-state index in [-0.39, 0.29) is 29.9 Å². The number of hydrogen-bond donors (Lipinski definition) is 2. The Bertz CT molecular complexity index is 707. The van der Waals surface area contributed by atoms with Crippen molar-refractivity contribution in [3.63, 3.8) is 0 Å². The largest absolute Gasteiger partial charge is 0.489 e. The van der Waals surface area contributed by atoms with Crippen molar-refractivity contribution >= 4 is 11.8 Å². The predicted molar refractivity (Wildman–Crippen MR) is 87.4 cm³/mol. The number of carbonyl (C=O) groups is 2. The first-order valence-corrected chi connectivity index (χ1v) is 8.46. The van der Waals surface area contributed by atoms with Gasteiger partial charge >= 0.3 is 0 Å². The molecular weight excluding hydrogens is 308 g/mol. The van der Waals surface area contributed by atoms with Crippen LogP contribution in [0.3, 0.4) is 0 Å². The summed E-state index contributed by atoms with van der Waals surface area (Å²) in [5, 5.41) is 5.71. The number of rotatable bonds is 3. The Kier molecular flexibility index (Phi) is 3.53. The molecule has 1 aliphatic carbocycles. The van der Waals surface area contributed by atoms with Gasteiger partial charge in [0.15, 0.2) is 0 Å². The van der Waals surface area contributed by atoms with Gasteiger partial charge in [0.2, 0.25) is 0 Å². The molecule has 0 aromatic heterocycles. The van der Waals surface area contributed by atoms with E-state index in [0.717, 1.165) is 18.8 Å². The van der Waals surface area contributed by atoms with Gasteiger partial charge in [0.25, 0.3) is 11.8 Å². The van der Waals surface area contributed by atoms with Crippen LogP contribution in [-0.4, -0.2) is 44.2 Å². The van der Waals surface area contributed by atoms with Crippen molar-refractivity contribution in [2.24, 2.45) is 11.8 Å². The summed E-state index contributed by atoms with van der Waals surface area (Å²) in [6.07, 6.45) is -0.0124. The van der Waals surface area contributed by atoms with Crippen LogP contribution < -0.4 is 15.4 Å². The fourth-order valence-corrected chi connectivity index (χ4v) is 3.78. The molecule has 4 rings (SSSR count). The topological polar surface area (TPSA) is 76.7 Å². The number of ether oxygens (including phenoxy) is 2. The summed E-state index contributed by atoms with van der Waals surface area (Å²) in [4.78, 5) is 24.9. The highest BCUT2D eigenvalue weighted by molar-refractivity contribution is 6.02. The first-order valence-electron chi connectivity index (χ1n) is 8.46. The van der Waals surface area contributed by atoms with E-state index in [1.165, 1.54) is 0 Å². The number of benzene rings is 1. The minimum atomic E-state index is -0.237. The molecule has 1 aromatic rings. The summed E-state index contributed by atoms with van der Waals surface area (Å²) in [5.74, 6) is 1.27. The van der Waals surface area contributed by atoms with Crippen LogP contribution in [0.4, 0.5) is 0 Å². The van der Waals surface area contributed by atoms with Gasteiger partial charge in [0.1, 0.15) is 11.9 Å². The summed E-state index contributed by atoms with van der Waals surface area (Å²) < 4.78 is 11.2. The number of hydrogen-bond acceptors (Lipinski definition) is 4. The molecule has 6 heteroatoms. The lowest BCUT2D eigenvalue weighted by Gasteiger charge is -2.12. The molecule has 0 bridgehead atoms. The molecule has 5 atom stereocenters. The standard InChI is InChI=1S/C18H22N2O4/c1-8-9(2)24-16-11(8)4-10(5-12(16)18(22)19-3)17(21)20-15-13-6-23-7-14(13)15/h4-5,8-9,13-15H,6-7H2,1-3H3,(H,19,22)(H,20,21)/t8-,9-,13-,14+,15?/m1/s1. The predicted octanol–water partition coefficient (Wildman–Crippen LogP) is 1.31. The Hall–Kier alpha value is -2.08. The molecule has 2 heterocycles. The highest BCUT2D eigenvalue weighted by atomic mass is 16.5. The molecule has 6 nitrogen and oxygen atoms in total. The second-order valence-corrected chi connectivity index (χ2v) is 7.00. The number of fused-ring (bicyclic) bond motifs is 2. The molecule has 2 amide bonds. The number of nitrogens with one attached hydrogen (secondary N) is 2. The van der Waals surface area contributed by atoms with Crippen LogP contribution >= 0.6 is 0 Å². The summed E-state index contributed by atoms with van der Waals surface area (Å²) in [7, 11) is 1.58. The molecule has 1 saturated carbocycles. The third kappa shape index (κ3) is 2.28. The molecular formula is C18H22N2O4. The fourth-order valence-electron chi connectivity index (χ4n) is 3.78. The van der Waals surface area contributed by atoms with Crippen LogP contribution in [0.1, 0.15) is 46.0 Å². The Morgan fingerprint density at radius 2 is 1.83 bits per heavy atom. The van der Waals surface area contributed by atoms with E-state index in [1.807, 2.05) is 13.0 Å². The zero-order valence-electron chi connectivity index (χ0n) is 14.1. The molecule has 2 fully saturated rings. The van der Waals surface area contributed by atoms with E-state index in [9.17, 15) is 9.59 Å². The van der Waals surface area contributed by atoms with Crippen molar-refractivity contribution < 1.29 is 19.1 Å². The van der Waals surface area contributed by atoms with Gasteiger partial charge in [-0.2, -0.15) is 0 Å². The van der Waals surface area contributed by atoms with E-state index >= 15 is 0 Å². The summed E-state index contributed by atoms with van der Waals surface area (Å²) in [6.45, 7) is 5.48. The Morgan fingerprint density at radius 1 is 1.12 bits per heavy atom. The van der Waals surface area contributed by atoms with Crippen molar-refractivity contribution in [2.75, 3.05) is 20.3 Å². The van der Waals surface area contributed by atoms with Crippen LogP contribution in [0.25, 0.3) is 0 Å². The second-order valence-electron chi connectivity index (χ2n) is 7.00. The van der Waals surface area contributed by atoms with Crippen LogP contribution in [0, 0.1) is 11.8 Å². The smallest absolute Gasteiger partial charge is 0.254 e. The monoisotopic (exact) mass is 330 g/mol. The lowest BCUT2D eigenvalue weighted by molar-refractivity contribution is 0.0929. The van der Waals surface area contributed by atoms with Crippen molar-refractivity contribution in [3.8, 4) is 5.75 Å². The van der Waals surface area contributed by atoms with Crippen LogP contribution in [-0.2, 0) is 4.74 Å². The van der Waals surface area contributed by atoms with E-state index in [0.29, 0.717) is 28.7 Å². The minimum absolute atomic E-state index is 0.0124. The average Bonchev–Trinajstić information content (AvgIpc) is 2.92. The highest BCUT2D eigenvalue weighted by Gasteiger charge is 2.54. The molecule has 2 aliphatic heterocycles. The first kappa shape index (κ1) is 15.4. The molecule has 24 heavy (non-hydrogen) atoms. The minimum Gasteiger partial charge on any atom is -0.489 e. The van der Waals surface area contributed by atoms with Gasteiger partial charge in [-0.3, -0.25) is 9.59 Å². The van der Waals surface area contributed by atoms with E-state index in [2.05, 4.69) is 17.6 Å². The van der Waals surface area contributed by atoms with Gasteiger partial charge in [-0.25, -0.2) is 0 Å². The van der Waals surface area contributed by atoms with E-state index < -0.39 is 0 Å². The van der Waals surface area contributed by atoms with Crippen LogP contribution in [0.2, 0.25) is 0 Å². The number of amides is 2. The third-order valence-electron chi connectivity index (χ3n) is 5.60. The van der Waals surface area contributed by atoms with Crippen LogP contribution in [0.5, 0.6) is 5.75 Å². The molecule has 2 N–H and O–H groups in total. The van der Waals surface area contributed by atoms with Crippen LogP contribution in [0.15, 0.2) is 12.1 Å². The van der Waals surface area contributed by atoms with E-state index in [1.54, 1.807) is 13.1 Å². The summed E-state index contributed by atoms with van der Waals surface area (Å²) >= 11 is 0. The van der Waals surface area contributed by atoms with E-state index in [4.69, 9.17) is 9.47 Å². The van der Waals surface area contributed by atoms with Crippen molar-refractivity contribution in [2.45, 2.75) is 31.9 Å². The lowest BCUT2D eigenvalue weighted by Crippen LogP contribution is -2.30. The quantitative estimate of drug-likeness (QED) is 0.876. The average molecular weight is 330 g/mol. The summed E-state index contributed by atoms with van der Waals surface area (Å²) in [6, 6.07) is 3.70. The molecule has 0 radical (unpaired) electrons. The second kappa shape index (κ2) is 5.48. The molecule has 1 aromatic carbocycles. The SMILES string of the molecule is CNC(=O)c1cc(C(=O)NC2[C@H]3COC[C@@H]23)cc2c1O[C@H](C)[C@H]2C. The Labute approximate surface area is 140 Å². The van der Waals surface area contributed by atoms with Gasteiger partial charge in [-0.05, 0) is 19.1 Å². The molecule has 128 valence electrons. The molecule has 0 spiro atoms. The van der Waals surface area contributed by atoms with Gasteiger partial charge in [0, 0.05) is 42.0 Å². The fraction of sp³-hybridized carbons (Fsp3) is 0.556. The van der Waals surface area contributed by atoms with Crippen molar-refractivity contribution in [1.29, 1.82) is 0 Å². The molecule has 3 aliphatic rings. The summed E-state index contributed by atoms with van der Waals surface area (Å²) in [5.41, 5.74) is 1.87. The van der Waals surface area contributed by atoms with Gasteiger partial charge in [-0.1, -0.05) is 6.92 Å². The normalized spacial score (nSPS) is 32.5. The number of carbonyl (C=O) groups excluding carboxylic acids is 2. The van der Waals surface area contributed by atoms with Crippen molar-refractivity contribution in [3.05, 3.63) is 28.8 Å². The maximum Gasteiger partial charge on any atom is 0.254 e. The third-order valence-corrected chi connectivity index (χ3v) is 5.60. The molecule has 1 saturated heterocycles. The zero-order chi connectivity index (χ0) is 17.0. The lowest BCUT2D eigenvalue weighted by atomic mass is 9.94. The van der Waals surface area contributed by atoms with Gasteiger partial charge in [0.05, 0.1) is 18.8 Å². The highest BCUT2D eigenvalue weighted by Crippen LogP contribution is 2.45. The molecule has 1 unspecified atom stereocenters. The maximum atomic E-state index is 12.7. The van der Waals surface area contributed by atoms with Gasteiger partial charge < -0.3 is 20.1 Å². The van der Waals surface area contributed by atoms with Gasteiger partial charge in [-0.15, -0.1) is 0 Å². The Balaban J connectivity index is 1.63. The van der Waals surface area contributed by atoms with Crippen molar-refractivity contribution in [1.82, 2.24) is 10.6 Å². The Morgan fingerprint density at radius 3 is 2.50 bits per heavy atom.